The van der Waals surface area contributed by atoms with Gasteiger partial charge < -0.3 is 10.5 Å². The summed E-state index contributed by atoms with van der Waals surface area (Å²) in [4.78, 5) is 0. The maximum Gasteiger partial charge on any atom is 0.122 e. The normalized spacial score (nSPS) is 18.9. The van der Waals surface area contributed by atoms with Crippen molar-refractivity contribution in [2.24, 2.45) is 5.73 Å². The zero-order valence-electron chi connectivity index (χ0n) is 9.82. The van der Waals surface area contributed by atoms with E-state index in [0.29, 0.717) is 5.92 Å². The summed E-state index contributed by atoms with van der Waals surface area (Å²) in [7, 11) is 0. The van der Waals surface area contributed by atoms with Gasteiger partial charge in [-0.2, -0.15) is 0 Å². The summed E-state index contributed by atoms with van der Waals surface area (Å²) >= 11 is 0. The number of hydrogen-bond acceptors (Lipinski definition) is 2. The quantitative estimate of drug-likeness (QED) is 0.772. The average molecular weight is 219 g/mol. The lowest BCUT2D eigenvalue weighted by Crippen LogP contribution is -2.14. The van der Waals surface area contributed by atoms with Crippen LogP contribution in [0.1, 0.15) is 43.6 Å². The number of unbranched alkanes of at least 4 members (excludes halogenated alkanes) is 2. The maximum absolute atomic E-state index is 5.66. The molecule has 0 aromatic heterocycles. The molecule has 0 bridgehead atoms. The molecule has 0 aliphatic carbocycles. The maximum atomic E-state index is 5.66. The van der Waals surface area contributed by atoms with E-state index in [1.165, 1.54) is 31.2 Å². The molecular formula is C14H21NO. The van der Waals surface area contributed by atoms with Crippen LogP contribution >= 0.6 is 0 Å². The van der Waals surface area contributed by atoms with Crippen LogP contribution in [0, 0.1) is 0 Å². The van der Waals surface area contributed by atoms with Crippen molar-refractivity contribution >= 4 is 0 Å². The number of para-hydroxylation sites is 1. The monoisotopic (exact) mass is 219 g/mol. The first kappa shape index (κ1) is 11.5. The van der Waals surface area contributed by atoms with Crippen molar-refractivity contribution < 1.29 is 4.74 Å². The van der Waals surface area contributed by atoms with E-state index >= 15 is 0 Å². The molecule has 0 saturated carbocycles. The molecule has 1 heterocycles. The third-order valence-electron chi connectivity index (χ3n) is 3.34. The molecule has 0 saturated heterocycles. The molecule has 2 N–H and O–H groups in total. The summed E-state index contributed by atoms with van der Waals surface area (Å²) in [5.74, 6) is 1.79. The highest BCUT2D eigenvalue weighted by atomic mass is 16.5. The van der Waals surface area contributed by atoms with Crippen LogP contribution in [0.25, 0.3) is 0 Å². The Morgan fingerprint density at radius 3 is 2.94 bits per heavy atom. The third kappa shape index (κ3) is 2.76. The van der Waals surface area contributed by atoms with Crippen molar-refractivity contribution in [1.82, 2.24) is 0 Å². The van der Waals surface area contributed by atoms with Gasteiger partial charge in [0, 0.05) is 0 Å². The van der Waals surface area contributed by atoms with Crippen molar-refractivity contribution in [2.75, 3.05) is 13.2 Å². The van der Waals surface area contributed by atoms with E-state index in [0.717, 1.165) is 25.3 Å². The Kier molecular flexibility index (Phi) is 4.23. The molecule has 2 heteroatoms. The van der Waals surface area contributed by atoms with E-state index < -0.39 is 0 Å². The van der Waals surface area contributed by atoms with Gasteiger partial charge in [0.05, 0.1) is 6.61 Å². The van der Waals surface area contributed by atoms with Crippen LogP contribution in [-0.2, 0) is 0 Å². The van der Waals surface area contributed by atoms with E-state index in [9.17, 15) is 0 Å². The van der Waals surface area contributed by atoms with E-state index in [2.05, 4.69) is 24.3 Å². The summed E-state index contributed by atoms with van der Waals surface area (Å²) in [6.45, 7) is 1.70. The number of nitrogens with two attached hydrogens (primary N) is 1. The van der Waals surface area contributed by atoms with Gasteiger partial charge in [-0.05, 0) is 43.4 Å². The number of benzene rings is 1. The van der Waals surface area contributed by atoms with Gasteiger partial charge >= 0.3 is 0 Å². The smallest absolute Gasteiger partial charge is 0.122 e. The first-order chi connectivity index (χ1) is 7.92. The van der Waals surface area contributed by atoms with E-state index in [-0.39, 0.29) is 0 Å². The summed E-state index contributed by atoms with van der Waals surface area (Å²) < 4.78 is 5.66. The Hall–Kier alpha value is -1.02. The van der Waals surface area contributed by atoms with Crippen LogP contribution in [0.4, 0.5) is 0 Å². The molecule has 16 heavy (non-hydrogen) atoms. The highest BCUT2D eigenvalue weighted by Crippen LogP contribution is 2.36. The Labute approximate surface area is 97.8 Å². The average Bonchev–Trinajstić information content (AvgIpc) is 2.35. The van der Waals surface area contributed by atoms with Crippen molar-refractivity contribution in [3.63, 3.8) is 0 Å². The third-order valence-corrected chi connectivity index (χ3v) is 3.34. The molecule has 2 rings (SSSR count). The molecule has 88 valence electrons. The Morgan fingerprint density at radius 2 is 2.06 bits per heavy atom. The van der Waals surface area contributed by atoms with Crippen LogP contribution in [0.15, 0.2) is 24.3 Å². The molecule has 0 amide bonds. The van der Waals surface area contributed by atoms with Gasteiger partial charge in [-0.3, -0.25) is 0 Å². The molecule has 0 fully saturated rings. The zero-order chi connectivity index (χ0) is 11.2. The molecule has 1 atom stereocenters. The van der Waals surface area contributed by atoms with Gasteiger partial charge in [-0.25, -0.2) is 0 Å². The van der Waals surface area contributed by atoms with Crippen LogP contribution in [-0.4, -0.2) is 13.2 Å². The van der Waals surface area contributed by atoms with E-state index in [1.807, 2.05) is 0 Å². The second-order valence-electron chi connectivity index (χ2n) is 4.51. The summed E-state index contributed by atoms with van der Waals surface area (Å²) in [5, 5.41) is 0. The van der Waals surface area contributed by atoms with Crippen LogP contribution < -0.4 is 10.5 Å². The van der Waals surface area contributed by atoms with Crippen molar-refractivity contribution in [1.29, 1.82) is 0 Å². The summed E-state index contributed by atoms with van der Waals surface area (Å²) in [6.07, 6.45) is 6.15. The van der Waals surface area contributed by atoms with E-state index in [1.54, 1.807) is 0 Å². The summed E-state index contributed by atoms with van der Waals surface area (Å²) in [6, 6.07) is 8.46. The Morgan fingerprint density at radius 1 is 1.19 bits per heavy atom. The largest absolute Gasteiger partial charge is 0.493 e. The Balaban J connectivity index is 1.91. The second kappa shape index (κ2) is 5.90. The van der Waals surface area contributed by atoms with Crippen molar-refractivity contribution in [2.45, 2.75) is 38.0 Å². The van der Waals surface area contributed by atoms with Gasteiger partial charge in [0.2, 0.25) is 0 Å². The molecule has 0 radical (unpaired) electrons. The predicted molar refractivity (Wildman–Crippen MR) is 66.8 cm³/mol. The zero-order valence-corrected chi connectivity index (χ0v) is 9.82. The van der Waals surface area contributed by atoms with Gasteiger partial charge in [-0.1, -0.05) is 31.0 Å². The summed E-state index contributed by atoms with van der Waals surface area (Å²) in [5.41, 5.74) is 6.91. The second-order valence-corrected chi connectivity index (χ2v) is 4.51. The SMILES string of the molecule is NCCCCCC1CCOc2ccccc21. The fraction of sp³-hybridized carbons (Fsp3) is 0.571. The number of hydrogen-bond donors (Lipinski definition) is 1. The topological polar surface area (TPSA) is 35.2 Å². The minimum atomic E-state index is 0.697. The highest BCUT2D eigenvalue weighted by molar-refractivity contribution is 5.37. The minimum Gasteiger partial charge on any atom is -0.493 e. The van der Waals surface area contributed by atoms with Crippen LogP contribution in [0.3, 0.4) is 0 Å². The molecule has 0 spiro atoms. The highest BCUT2D eigenvalue weighted by Gasteiger charge is 2.19. The van der Waals surface area contributed by atoms with Crippen molar-refractivity contribution in [3.05, 3.63) is 29.8 Å². The van der Waals surface area contributed by atoms with Crippen LogP contribution in [0.2, 0.25) is 0 Å². The lowest BCUT2D eigenvalue weighted by atomic mass is 9.88. The molecule has 1 aliphatic heterocycles. The number of rotatable bonds is 5. The van der Waals surface area contributed by atoms with Gasteiger partial charge in [0.15, 0.2) is 0 Å². The fourth-order valence-electron chi connectivity index (χ4n) is 2.43. The first-order valence-corrected chi connectivity index (χ1v) is 6.33. The lowest BCUT2D eigenvalue weighted by Gasteiger charge is -2.25. The van der Waals surface area contributed by atoms with Gasteiger partial charge in [-0.15, -0.1) is 0 Å². The number of fused-ring (bicyclic) bond motifs is 1. The molecular weight excluding hydrogens is 198 g/mol. The molecule has 1 aromatic carbocycles. The van der Waals surface area contributed by atoms with Gasteiger partial charge in [0.25, 0.3) is 0 Å². The van der Waals surface area contributed by atoms with Gasteiger partial charge in [0.1, 0.15) is 5.75 Å². The van der Waals surface area contributed by atoms with E-state index in [4.69, 9.17) is 10.5 Å². The Bertz CT molecular complexity index is 324. The lowest BCUT2D eigenvalue weighted by molar-refractivity contribution is 0.261. The first-order valence-electron chi connectivity index (χ1n) is 6.33. The number of ether oxygens (including phenoxy) is 1. The standard InChI is InChI=1S/C14H21NO/c15-10-5-1-2-6-12-9-11-16-14-8-4-3-7-13(12)14/h3-4,7-8,12H,1-2,5-6,9-11,15H2. The molecule has 2 nitrogen and oxygen atoms in total. The fourth-order valence-corrected chi connectivity index (χ4v) is 2.43. The molecule has 1 aromatic rings. The molecule has 1 aliphatic rings. The van der Waals surface area contributed by atoms with Crippen molar-refractivity contribution in [3.8, 4) is 5.75 Å². The minimum absolute atomic E-state index is 0.697. The predicted octanol–water partition coefficient (Wildman–Crippen LogP) is 3.07. The van der Waals surface area contributed by atoms with Crippen LogP contribution in [0.5, 0.6) is 5.75 Å². The molecule has 1 unspecified atom stereocenters.